The second-order valence-electron chi connectivity index (χ2n) is 7.35. The van der Waals surface area contributed by atoms with E-state index in [1.54, 1.807) is 13.2 Å². The van der Waals surface area contributed by atoms with Crippen molar-refractivity contribution in [2.24, 2.45) is 7.05 Å². The van der Waals surface area contributed by atoms with Gasteiger partial charge in [-0.3, -0.25) is 13.9 Å². The Kier molecular flexibility index (Phi) is 5.86. The summed E-state index contributed by atoms with van der Waals surface area (Å²) in [5.41, 5.74) is 2.83. The Labute approximate surface area is 174 Å². The predicted molar refractivity (Wildman–Crippen MR) is 119 cm³/mol. The van der Waals surface area contributed by atoms with Crippen LogP contribution in [0.25, 0.3) is 11.0 Å². The highest BCUT2D eigenvalue weighted by atomic mass is 16.2. The molecule has 0 aliphatic heterocycles. The number of hydrogen-bond donors (Lipinski definition) is 1. The van der Waals surface area contributed by atoms with Crippen LogP contribution in [-0.2, 0) is 26.6 Å². The van der Waals surface area contributed by atoms with Crippen LogP contribution < -0.4 is 16.6 Å². The van der Waals surface area contributed by atoms with Crippen LogP contribution in [0.1, 0.15) is 16.7 Å². The van der Waals surface area contributed by atoms with E-state index in [0.717, 1.165) is 24.1 Å². The smallest absolute Gasteiger partial charge is 0.312 e. The molecule has 1 N–H and O–H groups in total. The zero-order chi connectivity index (χ0) is 20.9. The van der Waals surface area contributed by atoms with Gasteiger partial charge in [-0.25, -0.2) is 9.78 Å². The summed E-state index contributed by atoms with van der Waals surface area (Å²) in [6.45, 7) is 1.67. The molecule has 0 aliphatic rings. The highest BCUT2D eigenvalue weighted by Crippen LogP contribution is 2.08. The second kappa shape index (κ2) is 8.88. The summed E-state index contributed by atoms with van der Waals surface area (Å²) in [4.78, 5) is 30.2. The standard InChI is InChI=1S/C24H24N4O2/c1-27-22-21(23(29)28(24(27)30)17-19-10-6-3-7-11-19)14-20(16-26-22)15-25-13-12-18-8-4-2-5-9-18/h2-11,14,16,25H,12-13,15,17H2,1H3. The van der Waals surface area contributed by atoms with E-state index in [0.29, 0.717) is 17.6 Å². The molecule has 0 atom stereocenters. The zero-order valence-corrected chi connectivity index (χ0v) is 16.9. The van der Waals surface area contributed by atoms with Gasteiger partial charge in [0.1, 0.15) is 5.65 Å². The molecule has 0 aliphatic carbocycles. The van der Waals surface area contributed by atoms with Crippen molar-refractivity contribution in [1.29, 1.82) is 0 Å². The molecular weight excluding hydrogens is 376 g/mol. The second-order valence-corrected chi connectivity index (χ2v) is 7.35. The lowest BCUT2D eigenvalue weighted by Crippen LogP contribution is -2.39. The van der Waals surface area contributed by atoms with Crippen molar-refractivity contribution >= 4 is 11.0 Å². The number of nitrogens with one attached hydrogen (secondary N) is 1. The van der Waals surface area contributed by atoms with Crippen molar-refractivity contribution in [3.63, 3.8) is 0 Å². The summed E-state index contributed by atoms with van der Waals surface area (Å²) < 4.78 is 2.71. The summed E-state index contributed by atoms with van der Waals surface area (Å²) in [6.07, 6.45) is 2.65. The Morgan fingerprint density at radius 2 is 1.57 bits per heavy atom. The van der Waals surface area contributed by atoms with Crippen molar-refractivity contribution in [2.75, 3.05) is 6.54 Å². The van der Waals surface area contributed by atoms with Gasteiger partial charge in [0.15, 0.2) is 0 Å². The first kappa shape index (κ1) is 19.8. The lowest BCUT2D eigenvalue weighted by Gasteiger charge is -2.11. The Bertz CT molecular complexity index is 1260. The van der Waals surface area contributed by atoms with E-state index in [-0.39, 0.29) is 17.8 Å². The monoisotopic (exact) mass is 400 g/mol. The van der Waals surface area contributed by atoms with Crippen molar-refractivity contribution < 1.29 is 0 Å². The van der Waals surface area contributed by atoms with E-state index < -0.39 is 0 Å². The number of benzene rings is 2. The lowest BCUT2D eigenvalue weighted by atomic mass is 10.1. The minimum Gasteiger partial charge on any atom is -0.312 e. The van der Waals surface area contributed by atoms with Gasteiger partial charge >= 0.3 is 5.69 Å². The van der Waals surface area contributed by atoms with Gasteiger partial charge in [-0.15, -0.1) is 0 Å². The van der Waals surface area contributed by atoms with Gasteiger partial charge in [-0.05, 0) is 35.7 Å². The first-order valence-electron chi connectivity index (χ1n) is 10.0. The predicted octanol–water partition coefficient (Wildman–Crippen LogP) is 2.48. The van der Waals surface area contributed by atoms with Crippen LogP contribution in [0, 0.1) is 0 Å². The molecule has 0 radical (unpaired) electrons. The minimum absolute atomic E-state index is 0.238. The molecule has 4 rings (SSSR count). The van der Waals surface area contributed by atoms with Crippen LogP contribution in [0.2, 0.25) is 0 Å². The molecule has 2 heterocycles. The van der Waals surface area contributed by atoms with Crippen molar-refractivity contribution in [3.8, 4) is 0 Å². The number of rotatable bonds is 7. The summed E-state index contributed by atoms with van der Waals surface area (Å²) in [5.74, 6) is 0. The number of aryl methyl sites for hydroxylation is 1. The van der Waals surface area contributed by atoms with E-state index in [1.165, 1.54) is 14.7 Å². The van der Waals surface area contributed by atoms with Crippen LogP contribution in [0.15, 0.2) is 82.5 Å². The third-order valence-electron chi connectivity index (χ3n) is 5.18. The topological polar surface area (TPSA) is 68.9 Å². The number of pyridine rings is 1. The van der Waals surface area contributed by atoms with Gasteiger partial charge < -0.3 is 5.32 Å². The van der Waals surface area contributed by atoms with Crippen molar-refractivity contribution in [2.45, 2.75) is 19.5 Å². The fraction of sp³-hybridized carbons (Fsp3) is 0.208. The highest BCUT2D eigenvalue weighted by molar-refractivity contribution is 5.74. The molecule has 152 valence electrons. The Morgan fingerprint density at radius 3 is 2.27 bits per heavy atom. The van der Waals surface area contributed by atoms with Gasteiger partial charge in [0.25, 0.3) is 5.56 Å². The van der Waals surface area contributed by atoms with Crippen molar-refractivity contribution in [3.05, 3.63) is 110 Å². The molecule has 4 aromatic rings. The minimum atomic E-state index is -0.363. The average Bonchev–Trinajstić information content (AvgIpc) is 2.79. The van der Waals surface area contributed by atoms with Gasteiger partial charge in [0.2, 0.25) is 0 Å². The Hall–Kier alpha value is -3.51. The summed E-state index contributed by atoms with van der Waals surface area (Å²) in [5, 5.41) is 3.85. The molecule has 2 aromatic heterocycles. The number of fused-ring (bicyclic) bond motifs is 1. The van der Waals surface area contributed by atoms with E-state index in [9.17, 15) is 9.59 Å². The largest absolute Gasteiger partial charge is 0.332 e. The third kappa shape index (κ3) is 4.23. The highest BCUT2D eigenvalue weighted by Gasteiger charge is 2.13. The molecule has 6 nitrogen and oxygen atoms in total. The normalized spacial score (nSPS) is 11.1. The maximum atomic E-state index is 13.1. The third-order valence-corrected chi connectivity index (χ3v) is 5.18. The Balaban J connectivity index is 1.56. The maximum absolute atomic E-state index is 13.1. The van der Waals surface area contributed by atoms with Gasteiger partial charge in [0, 0.05) is 19.8 Å². The number of aromatic nitrogens is 3. The number of nitrogens with zero attached hydrogens (tertiary/aromatic N) is 3. The summed E-state index contributed by atoms with van der Waals surface area (Å²) in [6, 6.07) is 21.6. The van der Waals surface area contributed by atoms with Gasteiger partial charge in [-0.2, -0.15) is 0 Å². The fourth-order valence-electron chi connectivity index (χ4n) is 3.54. The van der Waals surface area contributed by atoms with E-state index in [4.69, 9.17) is 0 Å². The number of hydrogen-bond acceptors (Lipinski definition) is 4. The molecule has 2 aromatic carbocycles. The van der Waals surface area contributed by atoms with E-state index in [1.807, 2.05) is 54.6 Å². The summed E-state index contributed by atoms with van der Waals surface area (Å²) in [7, 11) is 1.65. The van der Waals surface area contributed by atoms with Crippen LogP contribution >= 0.6 is 0 Å². The molecule has 0 unspecified atom stereocenters. The van der Waals surface area contributed by atoms with Crippen LogP contribution in [0.5, 0.6) is 0 Å². The molecule has 30 heavy (non-hydrogen) atoms. The molecular formula is C24H24N4O2. The lowest BCUT2D eigenvalue weighted by molar-refractivity contribution is 0.654. The fourth-order valence-corrected chi connectivity index (χ4v) is 3.54. The van der Waals surface area contributed by atoms with E-state index in [2.05, 4.69) is 22.4 Å². The molecule has 0 saturated carbocycles. The van der Waals surface area contributed by atoms with Gasteiger partial charge in [-0.1, -0.05) is 60.7 Å². The van der Waals surface area contributed by atoms with Crippen LogP contribution in [-0.4, -0.2) is 20.7 Å². The zero-order valence-electron chi connectivity index (χ0n) is 16.9. The van der Waals surface area contributed by atoms with Crippen LogP contribution in [0.3, 0.4) is 0 Å². The van der Waals surface area contributed by atoms with Gasteiger partial charge in [0.05, 0.1) is 11.9 Å². The molecule has 0 saturated heterocycles. The molecule has 0 fully saturated rings. The first-order chi connectivity index (χ1) is 14.6. The quantitative estimate of drug-likeness (QED) is 0.484. The first-order valence-corrected chi connectivity index (χ1v) is 10.0. The molecule has 6 heteroatoms. The Morgan fingerprint density at radius 1 is 0.900 bits per heavy atom. The average molecular weight is 400 g/mol. The van der Waals surface area contributed by atoms with Crippen LogP contribution in [0.4, 0.5) is 0 Å². The van der Waals surface area contributed by atoms with Crippen molar-refractivity contribution in [1.82, 2.24) is 19.4 Å². The molecule has 0 amide bonds. The maximum Gasteiger partial charge on any atom is 0.332 e. The van der Waals surface area contributed by atoms with E-state index >= 15 is 0 Å². The SMILES string of the molecule is Cn1c(=O)n(Cc2ccccc2)c(=O)c2cc(CNCCc3ccccc3)cnc21. The molecule has 0 bridgehead atoms. The summed E-state index contributed by atoms with van der Waals surface area (Å²) >= 11 is 0. The molecule has 0 spiro atoms.